The van der Waals surface area contributed by atoms with Crippen molar-refractivity contribution in [3.63, 3.8) is 0 Å². The monoisotopic (exact) mass is 210 g/mol. The highest BCUT2D eigenvalue weighted by atomic mass is 19.4. The number of nitrogens with zero attached hydrogens (tertiary/aromatic N) is 2. The molecule has 0 atom stereocenters. The Bertz CT molecular complexity index is 285. The Labute approximate surface area is 77.9 Å². The molecule has 1 N–H and O–H groups in total. The molecule has 0 aliphatic rings. The summed E-state index contributed by atoms with van der Waals surface area (Å²) in [5, 5.41) is 12.2. The molecule has 0 saturated carbocycles. The SMILES string of the molecule is OCCn1cc(OCC(F)(F)F)cn1. The first-order chi connectivity index (χ1) is 6.51. The highest BCUT2D eigenvalue weighted by Gasteiger charge is 2.28. The van der Waals surface area contributed by atoms with Crippen LogP contribution in [0.5, 0.6) is 5.75 Å². The van der Waals surface area contributed by atoms with Gasteiger partial charge in [-0.15, -0.1) is 0 Å². The molecule has 0 fully saturated rings. The van der Waals surface area contributed by atoms with Gasteiger partial charge in [0.05, 0.1) is 25.5 Å². The Morgan fingerprint density at radius 3 is 2.79 bits per heavy atom. The lowest BCUT2D eigenvalue weighted by atomic mass is 10.6. The van der Waals surface area contributed by atoms with E-state index in [0.717, 1.165) is 0 Å². The molecule has 0 spiro atoms. The Hall–Kier alpha value is -1.24. The van der Waals surface area contributed by atoms with Crippen molar-refractivity contribution in [1.29, 1.82) is 0 Å². The van der Waals surface area contributed by atoms with E-state index in [0.29, 0.717) is 0 Å². The van der Waals surface area contributed by atoms with Gasteiger partial charge in [-0.25, -0.2) is 0 Å². The first-order valence-corrected chi connectivity index (χ1v) is 3.84. The molecule has 0 aliphatic carbocycles. The van der Waals surface area contributed by atoms with Crippen LogP contribution in [0.2, 0.25) is 0 Å². The smallest absolute Gasteiger partial charge is 0.422 e. The summed E-state index contributed by atoms with van der Waals surface area (Å²) in [7, 11) is 0. The van der Waals surface area contributed by atoms with E-state index < -0.39 is 12.8 Å². The summed E-state index contributed by atoms with van der Waals surface area (Å²) in [5.74, 6) is 0.0378. The Morgan fingerprint density at radius 1 is 1.50 bits per heavy atom. The topological polar surface area (TPSA) is 47.3 Å². The number of aromatic nitrogens is 2. The van der Waals surface area contributed by atoms with Crippen LogP contribution in [0.4, 0.5) is 13.2 Å². The lowest BCUT2D eigenvalue weighted by Crippen LogP contribution is -2.19. The fourth-order valence-corrected chi connectivity index (χ4v) is 0.809. The third-order valence-corrected chi connectivity index (χ3v) is 1.34. The quantitative estimate of drug-likeness (QED) is 0.800. The number of hydrogen-bond donors (Lipinski definition) is 1. The normalized spacial score (nSPS) is 11.7. The number of hydrogen-bond acceptors (Lipinski definition) is 3. The molecule has 0 aliphatic heterocycles. The number of halogens is 3. The summed E-state index contributed by atoms with van der Waals surface area (Å²) in [6, 6.07) is 0. The van der Waals surface area contributed by atoms with Crippen molar-refractivity contribution in [2.45, 2.75) is 12.7 Å². The molecule has 7 heteroatoms. The van der Waals surface area contributed by atoms with Gasteiger partial charge in [0.2, 0.25) is 0 Å². The average molecular weight is 210 g/mol. The lowest BCUT2D eigenvalue weighted by Gasteiger charge is -2.06. The Kier molecular flexibility index (Phi) is 3.34. The van der Waals surface area contributed by atoms with Crippen LogP contribution in [-0.4, -0.2) is 34.3 Å². The van der Waals surface area contributed by atoms with E-state index in [1.165, 1.54) is 17.1 Å². The molecule has 4 nitrogen and oxygen atoms in total. The van der Waals surface area contributed by atoms with Crippen LogP contribution >= 0.6 is 0 Å². The molecule has 0 amide bonds. The van der Waals surface area contributed by atoms with Crippen molar-refractivity contribution in [3.05, 3.63) is 12.4 Å². The van der Waals surface area contributed by atoms with E-state index in [9.17, 15) is 13.2 Å². The Morgan fingerprint density at radius 2 is 2.21 bits per heavy atom. The van der Waals surface area contributed by atoms with Gasteiger partial charge < -0.3 is 9.84 Å². The highest BCUT2D eigenvalue weighted by Crippen LogP contribution is 2.17. The van der Waals surface area contributed by atoms with Crippen molar-refractivity contribution in [2.24, 2.45) is 0 Å². The number of aliphatic hydroxyl groups is 1. The van der Waals surface area contributed by atoms with Crippen LogP contribution in [0.25, 0.3) is 0 Å². The van der Waals surface area contributed by atoms with E-state index in [1.807, 2.05) is 0 Å². The van der Waals surface area contributed by atoms with E-state index in [1.54, 1.807) is 0 Å². The van der Waals surface area contributed by atoms with Gasteiger partial charge in [0.15, 0.2) is 12.4 Å². The van der Waals surface area contributed by atoms with Crippen molar-refractivity contribution in [3.8, 4) is 5.75 Å². The number of aliphatic hydroxyl groups excluding tert-OH is 1. The van der Waals surface area contributed by atoms with Crippen LogP contribution in [0.1, 0.15) is 0 Å². The predicted octanol–water partition coefficient (Wildman–Crippen LogP) is 0.816. The van der Waals surface area contributed by atoms with E-state index in [-0.39, 0.29) is 18.9 Å². The standard InChI is InChI=1S/C7H9F3N2O2/c8-7(9,10)5-14-6-3-11-12(4-6)1-2-13/h3-4,13H,1-2,5H2. The van der Waals surface area contributed by atoms with Gasteiger partial charge >= 0.3 is 6.18 Å². The number of rotatable bonds is 4. The molecule has 0 saturated heterocycles. The van der Waals surface area contributed by atoms with E-state index in [4.69, 9.17) is 5.11 Å². The molecular weight excluding hydrogens is 201 g/mol. The maximum Gasteiger partial charge on any atom is 0.422 e. The first-order valence-electron chi connectivity index (χ1n) is 3.84. The molecule has 80 valence electrons. The van der Waals surface area contributed by atoms with Crippen molar-refractivity contribution < 1.29 is 23.0 Å². The number of alkyl halides is 3. The fourth-order valence-electron chi connectivity index (χ4n) is 0.809. The first kappa shape index (κ1) is 10.8. The molecule has 1 heterocycles. The summed E-state index contributed by atoms with van der Waals surface area (Å²) < 4.78 is 40.8. The summed E-state index contributed by atoms with van der Waals surface area (Å²) >= 11 is 0. The van der Waals surface area contributed by atoms with Gasteiger partial charge in [-0.05, 0) is 0 Å². The van der Waals surface area contributed by atoms with Crippen LogP contribution in [0.3, 0.4) is 0 Å². The van der Waals surface area contributed by atoms with Gasteiger partial charge in [-0.1, -0.05) is 0 Å². The zero-order valence-corrected chi connectivity index (χ0v) is 7.16. The molecule has 14 heavy (non-hydrogen) atoms. The van der Waals surface area contributed by atoms with Crippen LogP contribution in [0, 0.1) is 0 Å². The fraction of sp³-hybridized carbons (Fsp3) is 0.571. The maximum absolute atomic E-state index is 11.7. The second kappa shape index (κ2) is 4.32. The molecule has 1 aromatic heterocycles. The van der Waals surface area contributed by atoms with Gasteiger partial charge in [-0.2, -0.15) is 18.3 Å². The third kappa shape index (κ3) is 3.65. The van der Waals surface area contributed by atoms with E-state index >= 15 is 0 Å². The minimum Gasteiger partial charge on any atom is -0.481 e. The van der Waals surface area contributed by atoms with Crippen LogP contribution in [0.15, 0.2) is 12.4 Å². The molecule has 0 radical (unpaired) electrons. The second-order valence-corrected chi connectivity index (χ2v) is 2.57. The minimum atomic E-state index is -4.35. The van der Waals surface area contributed by atoms with Crippen molar-refractivity contribution >= 4 is 0 Å². The second-order valence-electron chi connectivity index (χ2n) is 2.57. The summed E-state index contributed by atoms with van der Waals surface area (Å²) in [4.78, 5) is 0. The van der Waals surface area contributed by atoms with Gasteiger partial charge in [0, 0.05) is 0 Å². The molecule has 0 unspecified atom stereocenters. The molecule has 0 aromatic carbocycles. The maximum atomic E-state index is 11.7. The highest BCUT2D eigenvalue weighted by molar-refractivity contribution is 5.11. The summed E-state index contributed by atoms with van der Waals surface area (Å²) in [6.45, 7) is -1.23. The average Bonchev–Trinajstić information content (AvgIpc) is 2.49. The van der Waals surface area contributed by atoms with Crippen LogP contribution < -0.4 is 4.74 Å². The van der Waals surface area contributed by atoms with Gasteiger partial charge in [0.1, 0.15) is 0 Å². The summed E-state index contributed by atoms with van der Waals surface area (Å²) in [6.07, 6.45) is -1.89. The van der Waals surface area contributed by atoms with Crippen LogP contribution in [-0.2, 0) is 6.54 Å². The van der Waals surface area contributed by atoms with Crippen molar-refractivity contribution in [2.75, 3.05) is 13.2 Å². The lowest BCUT2D eigenvalue weighted by molar-refractivity contribution is -0.153. The van der Waals surface area contributed by atoms with Gasteiger partial charge in [0.25, 0.3) is 0 Å². The molecule has 1 rings (SSSR count). The largest absolute Gasteiger partial charge is 0.481 e. The Balaban J connectivity index is 2.44. The van der Waals surface area contributed by atoms with Crippen molar-refractivity contribution in [1.82, 2.24) is 9.78 Å². The molecule has 0 bridgehead atoms. The summed E-state index contributed by atoms with van der Waals surface area (Å²) in [5.41, 5.74) is 0. The zero-order valence-electron chi connectivity index (χ0n) is 7.16. The van der Waals surface area contributed by atoms with E-state index in [2.05, 4.69) is 9.84 Å². The zero-order chi connectivity index (χ0) is 10.6. The van der Waals surface area contributed by atoms with Gasteiger partial charge in [-0.3, -0.25) is 4.68 Å². The third-order valence-electron chi connectivity index (χ3n) is 1.34. The molecular formula is C7H9F3N2O2. The predicted molar refractivity (Wildman–Crippen MR) is 40.9 cm³/mol. The minimum absolute atomic E-state index is 0.0378. The molecule has 1 aromatic rings. The number of ether oxygens (including phenoxy) is 1.